The highest BCUT2D eigenvalue weighted by Gasteiger charge is 2.17. The largest absolute Gasteiger partial charge is 0.248 e. The van der Waals surface area contributed by atoms with E-state index in [-0.39, 0.29) is 0 Å². The molecule has 5 heteroatoms. The number of aromatic nitrogens is 5. The molecule has 0 saturated carbocycles. The molecule has 5 nitrogen and oxygen atoms in total. The topological polar surface area (TPSA) is 64.5 Å². The van der Waals surface area contributed by atoms with Crippen LogP contribution in [-0.2, 0) is 0 Å². The summed E-state index contributed by atoms with van der Waals surface area (Å²) in [7, 11) is 0. The first-order valence-electron chi connectivity index (χ1n) is 21.5. The van der Waals surface area contributed by atoms with Crippen molar-refractivity contribution in [3.63, 3.8) is 0 Å². The van der Waals surface area contributed by atoms with Crippen molar-refractivity contribution in [1.29, 1.82) is 0 Å². The third-order valence-electron chi connectivity index (χ3n) is 12.0. The first-order valence-corrected chi connectivity index (χ1v) is 21.5. The van der Waals surface area contributed by atoms with Crippen LogP contribution < -0.4 is 0 Å². The number of fused-ring (bicyclic) bond motifs is 4. The predicted molar refractivity (Wildman–Crippen MR) is 263 cm³/mol. The average molecular weight is 816 g/mol. The van der Waals surface area contributed by atoms with Crippen molar-refractivity contribution < 1.29 is 0 Å². The molecule has 3 heterocycles. The number of pyridine rings is 2. The summed E-state index contributed by atoms with van der Waals surface area (Å²) < 4.78 is 0. The Balaban J connectivity index is 1.05. The molecule has 0 saturated heterocycles. The molecule has 64 heavy (non-hydrogen) atoms. The highest BCUT2D eigenvalue weighted by Crippen LogP contribution is 2.36. The van der Waals surface area contributed by atoms with Gasteiger partial charge in [-0.25, -0.2) is 24.9 Å². The zero-order valence-corrected chi connectivity index (χ0v) is 34.6. The zero-order chi connectivity index (χ0) is 42.4. The average Bonchev–Trinajstić information content (AvgIpc) is 3.38. The second-order valence-corrected chi connectivity index (χ2v) is 16.2. The van der Waals surface area contributed by atoms with Gasteiger partial charge in [0.25, 0.3) is 0 Å². The molecule has 0 aliphatic carbocycles. The molecule has 0 spiro atoms. The highest BCUT2D eigenvalue weighted by molar-refractivity contribution is 5.90. The molecule has 0 aliphatic heterocycles. The standard InChI is InChI=1S/C59H37N5/c1-3-15-42-31-46(25-23-38(42)11-1)44-17-9-19-48(33-44)57-62-58(49-20-10-18-45(34-49)47-26-24-39-12-2-4-16-43(39)32-47)64-59(63-57)52-36-50(55-29-27-40-13-5-7-21-53(40)60-55)35-51(37-52)56-30-28-41-14-6-8-22-54(41)61-56/h1-37H. The van der Waals surface area contributed by atoms with E-state index in [0.29, 0.717) is 17.5 Å². The van der Waals surface area contributed by atoms with E-state index in [2.05, 4.69) is 200 Å². The Morgan fingerprint density at radius 1 is 0.188 bits per heavy atom. The first kappa shape index (κ1) is 37.1. The van der Waals surface area contributed by atoms with E-state index in [1.807, 2.05) is 24.3 Å². The minimum absolute atomic E-state index is 0.553. The van der Waals surface area contributed by atoms with Crippen LogP contribution in [0.15, 0.2) is 224 Å². The van der Waals surface area contributed by atoms with Crippen molar-refractivity contribution >= 4 is 43.4 Å². The highest BCUT2D eigenvalue weighted by atomic mass is 15.0. The number of hydrogen-bond acceptors (Lipinski definition) is 5. The molecule has 0 fully saturated rings. The Kier molecular flexibility index (Phi) is 9.08. The Morgan fingerprint density at radius 2 is 0.531 bits per heavy atom. The van der Waals surface area contributed by atoms with Crippen molar-refractivity contribution in [3.8, 4) is 78.9 Å². The summed E-state index contributed by atoms with van der Waals surface area (Å²) in [6.07, 6.45) is 0. The van der Waals surface area contributed by atoms with Crippen LogP contribution in [0.3, 0.4) is 0 Å². The molecule has 298 valence electrons. The van der Waals surface area contributed by atoms with E-state index >= 15 is 0 Å². The van der Waals surface area contributed by atoms with Gasteiger partial charge in [-0.3, -0.25) is 0 Å². The van der Waals surface area contributed by atoms with E-state index in [1.54, 1.807) is 0 Å². The summed E-state index contributed by atoms with van der Waals surface area (Å²) in [5, 5.41) is 6.97. The van der Waals surface area contributed by atoms with Crippen molar-refractivity contribution in [2.75, 3.05) is 0 Å². The van der Waals surface area contributed by atoms with Gasteiger partial charge in [0.05, 0.1) is 22.4 Å². The smallest absolute Gasteiger partial charge is 0.164 e. The lowest BCUT2D eigenvalue weighted by atomic mass is 9.98. The van der Waals surface area contributed by atoms with Crippen molar-refractivity contribution in [3.05, 3.63) is 224 Å². The van der Waals surface area contributed by atoms with Crippen molar-refractivity contribution in [2.24, 2.45) is 0 Å². The monoisotopic (exact) mass is 815 g/mol. The van der Waals surface area contributed by atoms with Gasteiger partial charge in [0.1, 0.15) is 0 Å². The van der Waals surface area contributed by atoms with Gasteiger partial charge in [-0.2, -0.15) is 0 Å². The van der Waals surface area contributed by atoms with Crippen LogP contribution in [-0.4, -0.2) is 24.9 Å². The van der Waals surface area contributed by atoms with Crippen LogP contribution in [0.4, 0.5) is 0 Å². The first-order chi connectivity index (χ1) is 31.6. The summed E-state index contributed by atoms with van der Waals surface area (Å²) in [4.78, 5) is 26.1. The number of rotatable bonds is 7. The molecular weight excluding hydrogens is 779 g/mol. The second kappa shape index (κ2) is 15.7. The molecule has 0 N–H and O–H groups in total. The van der Waals surface area contributed by atoms with Crippen LogP contribution in [0, 0.1) is 0 Å². The van der Waals surface area contributed by atoms with Gasteiger partial charge in [0.2, 0.25) is 0 Å². The molecule has 12 aromatic rings. The van der Waals surface area contributed by atoms with Gasteiger partial charge in [0.15, 0.2) is 17.5 Å². The third-order valence-corrected chi connectivity index (χ3v) is 12.0. The second-order valence-electron chi connectivity index (χ2n) is 16.2. The van der Waals surface area contributed by atoms with Crippen LogP contribution >= 0.6 is 0 Å². The fourth-order valence-corrected chi connectivity index (χ4v) is 8.68. The summed E-state index contributed by atoms with van der Waals surface area (Å²) in [6, 6.07) is 78.4. The van der Waals surface area contributed by atoms with Crippen LogP contribution in [0.5, 0.6) is 0 Å². The molecule has 0 radical (unpaired) electrons. The minimum Gasteiger partial charge on any atom is -0.248 e. The Morgan fingerprint density at radius 3 is 1.02 bits per heavy atom. The number of nitrogens with zero attached hydrogens (tertiary/aromatic N) is 5. The SMILES string of the molecule is c1cc(-c2ccc3ccccc3c2)cc(-c2nc(-c3cccc(-c4ccc5ccccc5c4)c3)nc(-c3cc(-c4ccc5ccccc5n4)cc(-c4ccc5ccccc5n4)c3)n2)c1. The molecule has 3 aromatic heterocycles. The van der Waals surface area contributed by atoms with Gasteiger partial charge in [0, 0.05) is 38.6 Å². The van der Waals surface area contributed by atoms with Crippen LogP contribution in [0.1, 0.15) is 0 Å². The van der Waals surface area contributed by atoms with E-state index in [0.717, 1.165) is 83.3 Å². The summed E-state index contributed by atoms with van der Waals surface area (Å²) >= 11 is 0. The molecule has 9 aromatic carbocycles. The fraction of sp³-hybridized carbons (Fsp3) is 0. The van der Waals surface area contributed by atoms with E-state index in [4.69, 9.17) is 24.9 Å². The molecule has 0 unspecified atom stereocenters. The number of hydrogen-bond donors (Lipinski definition) is 0. The van der Waals surface area contributed by atoms with Crippen molar-refractivity contribution in [2.45, 2.75) is 0 Å². The maximum Gasteiger partial charge on any atom is 0.164 e. The van der Waals surface area contributed by atoms with Gasteiger partial charge >= 0.3 is 0 Å². The third kappa shape index (κ3) is 7.11. The predicted octanol–water partition coefficient (Wildman–Crippen LogP) is 14.9. The Labute approximate surface area is 370 Å². The van der Waals surface area contributed by atoms with E-state index < -0.39 is 0 Å². The minimum atomic E-state index is 0.553. The molecule has 0 amide bonds. The van der Waals surface area contributed by atoms with Gasteiger partial charge in [-0.1, -0.05) is 158 Å². The molecule has 0 aliphatic rings. The lowest BCUT2D eigenvalue weighted by Gasteiger charge is -2.13. The van der Waals surface area contributed by atoms with Gasteiger partial charge < -0.3 is 0 Å². The fourth-order valence-electron chi connectivity index (χ4n) is 8.68. The Hall–Kier alpha value is -8.67. The Bertz CT molecular complexity index is 3520. The van der Waals surface area contributed by atoms with Crippen molar-refractivity contribution in [1.82, 2.24) is 24.9 Å². The van der Waals surface area contributed by atoms with Crippen LogP contribution in [0.2, 0.25) is 0 Å². The summed E-state index contributed by atoms with van der Waals surface area (Å²) in [5.41, 5.74) is 12.5. The molecule has 0 bridgehead atoms. The number of benzene rings is 9. The lowest BCUT2D eigenvalue weighted by molar-refractivity contribution is 1.07. The molecule has 12 rings (SSSR count). The number of para-hydroxylation sites is 2. The maximum atomic E-state index is 5.31. The summed E-state index contributed by atoms with van der Waals surface area (Å²) in [6.45, 7) is 0. The van der Waals surface area contributed by atoms with Gasteiger partial charge in [-0.05, 0) is 111 Å². The summed E-state index contributed by atoms with van der Waals surface area (Å²) in [5.74, 6) is 1.72. The van der Waals surface area contributed by atoms with E-state index in [9.17, 15) is 0 Å². The molecule has 0 atom stereocenters. The quantitative estimate of drug-likeness (QED) is 0.160. The van der Waals surface area contributed by atoms with Crippen LogP contribution in [0.25, 0.3) is 122 Å². The normalized spacial score (nSPS) is 11.4. The zero-order valence-electron chi connectivity index (χ0n) is 34.6. The lowest BCUT2D eigenvalue weighted by Crippen LogP contribution is -2.01. The van der Waals surface area contributed by atoms with E-state index in [1.165, 1.54) is 21.5 Å². The molecular formula is C59H37N5. The maximum absolute atomic E-state index is 5.31. The van der Waals surface area contributed by atoms with Gasteiger partial charge in [-0.15, -0.1) is 0 Å².